The monoisotopic (exact) mass is 414 g/mol. The fourth-order valence-electron chi connectivity index (χ4n) is 1.96. The van der Waals surface area contributed by atoms with Gasteiger partial charge in [0.25, 0.3) is 0 Å². The first-order valence-corrected chi connectivity index (χ1v) is 9.72. The van der Waals surface area contributed by atoms with Crippen molar-refractivity contribution >= 4 is 42.6 Å². The molecule has 0 aliphatic carbocycles. The number of rotatable bonds is 9. The van der Waals surface area contributed by atoms with Crippen molar-refractivity contribution in [1.82, 2.24) is 0 Å². The van der Waals surface area contributed by atoms with Gasteiger partial charge in [0.05, 0.1) is 24.8 Å². The Balaban J connectivity index is 3.57. The molecule has 0 N–H and O–H groups in total. The molecule has 0 radical (unpaired) electrons. The Kier molecular flexibility index (Phi) is 8.03. The number of hydrogen-bond acceptors (Lipinski definition) is 6. The molecule has 0 spiro atoms. The lowest BCUT2D eigenvalue weighted by atomic mass is 10.1. The van der Waals surface area contributed by atoms with Crippen molar-refractivity contribution in [2.75, 3.05) is 19.8 Å². The number of hydrogen-bond donors (Lipinski definition) is 0. The Hall–Kier alpha value is -0.980. The predicted molar refractivity (Wildman–Crippen MR) is 92.1 cm³/mol. The Morgan fingerprint density at radius 2 is 1.68 bits per heavy atom. The lowest BCUT2D eigenvalue weighted by molar-refractivity contribution is -0.150. The number of Topliss-reactive ketones (excluding diaryl/α,β-unsaturated/α-hetero) is 1. The molecule has 0 saturated carbocycles. The molecule has 0 saturated heterocycles. The maximum atomic E-state index is 15.7. The molecule has 0 heterocycles. The van der Waals surface area contributed by atoms with E-state index in [1.165, 1.54) is 32.9 Å². The Morgan fingerprint density at radius 1 is 1.12 bits per heavy atom. The molecule has 1 aromatic rings. The van der Waals surface area contributed by atoms with Gasteiger partial charge >= 0.3 is 19.0 Å². The van der Waals surface area contributed by atoms with E-state index in [1.54, 1.807) is 0 Å². The van der Waals surface area contributed by atoms with Gasteiger partial charge in [0, 0.05) is 10.6 Å². The topological polar surface area (TPSA) is 78.9 Å². The summed E-state index contributed by atoms with van der Waals surface area (Å²) in [7, 11) is -4.86. The number of benzene rings is 1. The van der Waals surface area contributed by atoms with Crippen molar-refractivity contribution in [2.45, 2.75) is 26.2 Å². The third kappa shape index (κ3) is 4.41. The summed E-state index contributed by atoms with van der Waals surface area (Å²) in [5.74, 6) is -3.16. The van der Waals surface area contributed by atoms with Gasteiger partial charge in [0.2, 0.25) is 5.78 Å². The Labute approximate surface area is 155 Å². The minimum Gasteiger partial charge on any atom is -0.463 e. The molecule has 0 aromatic heterocycles. The van der Waals surface area contributed by atoms with Gasteiger partial charge < -0.3 is 13.8 Å². The Bertz CT molecular complexity index is 689. The van der Waals surface area contributed by atoms with Crippen LogP contribution in [0, 0.1) is 0 Å². The number of halogens is 3. The quantitative estimate of drug-likeness (QED) is 0.253. The molecule has 1 rings (SSSR count). The van der Waals surface area contributed by atoms with E-state index in [0.29, 0.717) is 0 Å². The van der Waals surface area contributed by atoms with Crippen LogP contribution in [0.25, 0.3) is 0 Å². The molecular formula is C15H18Cl2FO6P. The van der Waals surface area contributed by atoms with Crippen molar-refractivity contribution in [3.8, 4) is 0 Å². The van der Waals surface area contributed by atoms with Crippen LogP contribution in [0.4, 0.5) is 4.39 Å². The molecule has 0 amide bonds. The highest BCUT2D eigenvalue weighted by atomic mass is 35.5. The molecule has 25 heavy (non-hydrogen) atoms. The first kappa shape index (κ1) is 22.1. The third-order valence-corrected chi connectivity index (χ3v) is 5.88. The van der Waals surface area contributed by atoms with Crippen LogP contribution in [0.1, 0.15) is 31.1 Å². The van der Waals surface area contributed by atoms with E-state index in [1.807, 2.05) is 0 Å². The van der Waals surface area contributed by atoms with Gasteiger partial charge in [0.15, 0.2) is 0 Å². The zero-order valence-corrected chi connectivity index (χ0v) is 16.3. The Morgan fingerprint density at radius 3 is 2.12 bits per heavy atom. The van der Waals surface area contributed by atoms with E-state index in [9.17, 15) is 14.2 Å². The molecule has 0 aliphatic rings. The number of esters is 1. The van der Waals surface area contributed by atoms with E-state index in [0.717, 1.165) is 6.07 Å². The SMILES string of the molecule is CCOC(=O)C(F)(C(=O)c1ccc(Cl)cc1Cl)P(=O)(OCC)OCC. The highest BCUT2D eigenvalue weighted by Crippen LogP contribution is 2.62. The van der Waals surface area contributed by atoms with Gasteiger partial charge in [-0.25, -0.2) is 9.18 Å². The summed E-state index contributed by atoms with van der Waals surface area (Å²) in [6.07, 6.45) is 0. The summed E-state index contributed by atoms with van der Waals surface area (Å²) in [4.78, 5) is 25.0. The smallest absolute Gasteiger partial charge is 0.387 e. The highest BCUT2D eigenvalue weighted by molar-refractivity contribution is 7.58. The fourth-order valence-corrected chi connectivity index (χ4v) is 4.22. The van der Waals surface area contributed by atoms with Crippen molar-refractivity contribution in [1.29, 1.82) is 0 Å². The molecule has 0 bridgehead atoms. The lowest BCUT2D eigenvalue weighted by Crippen LogP contribution is -2.45. The average molecular weight is 415 g/mol. The van der Waals surface area contributed by atoms with Gasteiger partial charge in [-0.3, -0.25) is 9.36 Å². The standard InChI is InChI=1S/C15H18Cl2FO6P/c1-4-22-14(20)15(18,25(21,23-5-2)24-6-3)13(19)11-8-7-10(16)9-12(11)17/h7-9H,4-6H2,1-3H3. The van der Waals surface area contributed by atoms with Crippen molar-refractivity contribution in [2.24, 2.45) is 0 Å². The number of carbonyl (C=O) groups is 2. The fraction of sp³-hybridized carbons (Fsp3) is 0.467. The van der Waals surface area contributed by atoms with Crippen LogP contribution in [-0.2, 0) is 23.1 Å². The minimum atomic E-state index is -4.86. The van der Waals surface area contributed by atoms with E-state index >= 15 is 4.39 Å². The van der Waals surface area contributed by atoms with Crippen LogP contribution in [0.3, 0.4) is 0 Å². The second-order valence-corrected chi connectivity index (χ2v) is 7.60. The summed E-state index contributed by atoms with van der Waals surface area (Å²) in [5.41, 5.74) is -0.402. The van der Waals surface area contributed by atoms with Crippen molar-refractivity contribution in [3.63, 3.8) is 0 Å². The van der Waals surface area contributed by atoms with Gasteiger partial charge in [0.1, 0.15) is 0 Å². The van der Waals surface area contributed by atoms with Crippen LogP contribution < -0.4 is 0 Å². The van der Waals surface area contributed by atoms with Crippen LogP contribution in [0.5, 0.6) is 0 Å². The van der Waals surface area contributed by atoms with Gasteiger partial charge in [-0.15, -0.1) is 0 Å². The molecule has 0 aliphatic heterocycles. The number of ether oxygens (including phenoxy) is 1. The van der Waals surface area contributed by atoms with Crippen LogP contribution in [-0.4, -0.2) is 37.0 Å². The maximum Gasteiger partial charge on any atom is 0.387 e. The molecule has 1 aromatic carbocycles. The third-order valence-electron chi connectivity index (χ3n) is 3.00. The average Bonchev–Trinajstić information content (AvgIpc) is 2.54. The van der Waals surface area contributed by atoms with Gasteiger partial charge in [-0.1, -0.05) is 23.2 Å². The van der Waals surface area contributed by atoms with E-state index in [-0.39, 0.29) is 29.9 Å². The molecule has 10 heteroatoms. The summed E-state index contributed by atoms with van der Waals surface area (Å²) >= 11 is 11.7. The van der Waals surface area contributed by atoms with Crippen molar-refractivity contribution in [3.05, 3.63) is 33.8 Å². The summed E-state index contributed by atoms with van der Waals surface area (Å²) in [6, 6.07) is 3.58. The van der Waals surface area contributed by atoms with Crippen LogP contribution >= 0.6 is 30.8 Å². The zero-order valence-electron chi connectivity index (χ0n) is 13.9. The minimum absolute atomic E-state index is 0.194. The van der Waals surface area contributed by atoms with Crippen molar-refractivity contribution < 1.29 is 32.3 Å². The summed E-state index contributed by atoms with van der Waals surface area (Å²) in [5, 5.41) is -3.73. The van der Waals surface area contributed by atoms with Gasteiger partial charge in [-0.05, 0) is 39.0 Å². The van der Waals surface area contributed by atoms with E-state index in [2.05, 4.69) is 4.74 Å². The second-order valence-electron chi connectivity index (χ2n) is 4.63. The molecule has 1 unspecified atom stereocenters. The molecule has 6 nitrogen and oxygen atoms in total. The largest absolute Gasteiger partial charge is 0.463 e. The lowest BCUT2D eigenvalue weighted by Gasteiger charge is -2.29. The molecule has 0 fully saturated rings. The summed E-state index contributed by atoms with van der Waals surface area (Å²) < 4.78 is 43.0. The maximum absolute atomic E-state index is 15.7. The van der Waals surface area contributed by atoms with E-state index in [4.69, 9.17) is 32.2 Å². The normalized spacial score (nSPS) is 14.0. The first-order valence-electron chi connectivity index (χ1n) is 7.43. The van der Waals surface area contributed by atoms with E-state index < -0.39 is 30.3 Å². The second kappa shape index (κ2) is 9.10. The molecular weight excluding hydrogens is 397 g/mol. The number of carbonyl (C=O) groups excluding carboxylic acids is 2. The summed E-state index contributed by atoms with van der Waals surface area (Å²) in [6.45, 7) is 3.47. The highest BCUT2D eigenvalue weighted by Gasteiger charge is 2.65. The number of alkyl halides is 1. The molecule has 140 valence electrons. The van der Waals surface area contributed by atoms with Gasteiger partial charge in [-0.2, -0.15) is 0 Å². The first-order chi connectivity index (χ1) is 11.7. The zero-order chi connectivity index (χ0) is 19.3. The molecule has 1 atom stereocenters. The van der Waals surface area contributed by atoms with Crippen LogP contribution in [0.15, 0.2) is 18.2 Å². The van der Waals surface area contributed by atoms with Crippen LogP contribution in [0.2, 0.25) is 10.0 Å². The predicted octanol–water partition coefficient (Wildman–Crippen LogP) is 4.67. The number of ketones is 1.